The number of thiocarbonyl (C=S) groups is 1. The number of nitrogens with one attached hydrogen (secondary N) is 2. The van der Waals surface area contributed by atoms with Crippen molar-refractivity contribution in [3.8, 4) is 0 Å². The lowest BCUT2D eigenvalue weighted by Crippen LogP contribution is -2.34. The second-order valence-corrected chi connectivity index (χ2v) is 5.89. The van der Waals surface area contributed by atoms with E-state index in [1.165, 1.54) is 11.8 Å². The highest BCUT2D eigenvalue weighted by atomic mass is 35.5. The van der Waals surface area contributed by atoms with Gasteiger partial charge in [-0.1, -0.05) is 23.7 Å². The lowest BCUT2D eigenvalue weighted by molar-refractivity contribution is -0.116. The number of amides is 2. The average Bonchev–Trinajstić information content (AvgIpc) is 2.54. The maximum atomic E-state index is 12.1. The van der Waals surface area contributed by atoms with Crippen molar-refractivity contribution in [3.63, 3.8) is 0 Å². The molecular weight excluding hydrogens is 346 g/mol. The Morgan fingerprint density at radius 1 is 1.12 bits per heavy atom. The molecule has 0 heterocycles. The van der Waals surface area contributed by atoms with Crippen LogP contribution in [0.1, 0.15) is 17.3 Å². The largest absolute Gasteiger partial charge is 0.332 e. The molecule has 0 aliphatic rings. The molecule has 0 aliphatic heterocycles. The van der Waals surface area contributed by atoms with Crippen molar-refractivity contribution in [2.75, 3.05) is 17.3 Å². The normalized spacial score (nSPS) is 9.96. The van der Waals surface area contributed by atoms with Gasteiger partial charge in [0.15, 0.2) is 5.11 Å². The highest BCUT2D eigenvalue weighted by molar-refractivity contribution is 7.80. The van der Waals surface area contributed by atoms with E-state index < -0.39 is 0 Å². The molecule has 2 aromatic rings. The first-order valence-electron chi connectivity index (χ1n) is 7.09. The van der Waals surface area contributed by atoms with Crippen LogP contribution in [0.4, 0.5) is 11.4 Å². The molecule has 0 radical (unpaired) electrons. The smallest absolute Gasteiger partial charge is 0.257 e. The minimum atomic E-state index is -0.355. The van der Waals surface area contributed by atoms with Gasteiger partial charge >= 0.3 is 0 Å². The summed E-state index contributed by atoms with van der Waals surface area (Å²) in [5.74, 6) is -0.434. The summed E-state index contributed by atoms with van der Waals surface area (Å²) in [6.45, 7) is 1.48. The summed E-state index contributed by atoms with van der Waals surface area (Å²) in [6, 6.07) is 13.7. The standard InChI is InChI=1S/C17H16ClN3O2S/c1-11(22)21(2)15-8-4-7-14(10-15)19-17(24)20-16(23)12-5-3-6-13(18)9-12/h3-10H,1-2H3,(H2,19,20,23,24). The lowest BCUT2D eigenvalue weighted by atomic mass is 10.2. The predicted octanol–water partition coefficient (Wildman–Crippen LogP) is 3.45. The van der Waals surface area contributed by atoms with E-state index in [0.717, 1.165) is 5.69 Å². The van der Waals surface area contributed by atoms with Gasteiger partial charge in [0.2, 0.25) is 5.91 Å². The molecule has 124 valence electrons. The summed E-state index contributed by atoms with van der Waals surface area (Å²) in [5.41, 5.74) is 1.80. The molecule has 0 spiro atoms. The quantitative estimate of drug-likeness (QED) is 0.822. The zero-order valence-corrected chi connectivity index (χ0v) is 14.7. The van der Waals surface area contributed by atoms with Crippen molar-refractivity contribution >= 4 is 52.1 Å². The zero-order valence-electron chi connectivity index (χ0n) is 13.2. The number of anilines is 2. The van der Waals surface area contributed by atoms with Crippen molar-refractivity contribution in [1.29, 1.82) is 0 Å². The van der Waals surface area contributed by atoms with E-state index in [1.807, 2.05) is 0 Å². The molecule has 2 amide bonds. The number of hydrogen-bond donors (Lipinski definition) is 2. The fourth-order valence-corrected chi connectivity index (χ4v) is 2.34. The van der Waals surface area contributed by atoms with E-state index in [4.69, 9.17) is 23.8 Å². The van der Waals surface area contributed by atoms with Crippen molar-refractivity contribution in [2.45, 2.75) is 6.92 Å². The molecule has 0 saturated heterocycles. The first-order valence-corrected chi connectivity index (χ1v) is 7.87. The molecule has 2 aromatic carbocycles. The van der Waals surface area contributed by atoms with E-state index in [0.29, 0.717) is 16.3 Å². The van der Waals surface area contributed by atoms with Gasteiger partial charge in [0.05, 0.1) is 0 Å². The van der Waals surface area contributed by atoms with Gasteiger partial charge in [-0.2, -0.15) is 0 Å². The topological polar surface area (TPSA) is 61.4 Å². The molecule has 7 heteroatoms. The van der Waals surface area contributed by atoms with Crippen LogP contribution in [0.2, 0.25) is 5.02 Å². The van der Waals surface area contributed by atoms with Gasteiger partial charge in [0.1, 0.15) is 0 Å². The number of carbonyl (C=O) groups is 2. The van der Waals surface area contributed by atoms with E-state index in [9.17, 15) is 9.59 Å². The Hall–Kier alpha value is -2.44. The van der Waals surface area contributed by atoms with E-state index in [2.05, 4.69) is 10.6 Å². The molecule has 5 nitrogen and oxygen atoms in total. The fourth-order valence-electron chi connectivity index (χ4n) is 1.94. The number of hydrogen-bond acceptors (Lipinski definition) is 3. The van der Waals surface area contributed by atoms with Crippen LogP contribution in [0.5, 0.6) is 0 Å². The molecule has 24 heavy (non-hydrogen) atoms. The Morgan fingerprint density at radius 2 is 1.83 bits per heavy atom. The molecule has 0 fully saturated rings. The lowest BCUT2D eigenvalue weighted by Gasteiger charge is -2.16. The van der Waals surface area contributed by atoms with Crippen LogP contribution < -0.4 is 15.5 Å². The van der Waals surface area contributed by atoms with Crippen LogP contribution in [0.3, 0.4) is 0 Å². The first kappa shape index (κ1) is 17.9. The summed E-state index contributed by atoms with van der Waals surface area (Å²) in [6.07, 6.45) is 0. The molecule has 0 bridgehead atoms. The number of halogens is 1. The van der Waals surface area contributed by atoms with Gasteiger partial charge in [-0.25, -0.2) is 0 Å². The monoisotopic (exact) mass is 361 g/mol. The Labute approximate surface area is 150 Å². The fraction of sp³-hybridized carbons (Fsp3) is 0.118. The average molecular weight is 362 g/mol. The SMILES string of the molecule is CC(=O)N(C)c1cccc(NC(=S)NC(=O)c2cccc(Cl)c2)c1. The third-order valence-electron chi connectivity index (χ3n) is 3.28. The molecule has 2 rings (SSSR count). The van der Waals surface area contributed by atoms with Gasteiger partial charge in [-0.15, -0.1) is 0 Å². The van der Waals surface area contributed by atoms with E-state index in [1.54, 1.807) is 55.6 Å². The van der Waals surface area contributed by atoms with Gasteiger partial charge < -0.3 is 10.2 Å². The highest BCUT2D eigenvalue weighted by Gasteiger charge is 2.10. The Bertz CT molecular complexity index is 795. The maximum Gasteiger partial charge on any atom is 0.257 e. The van der Waals surface area contributed by atoms with Gasteiger partial charge in [0, 0.05) is 35.9 Å². The minimum absolute atomic E-state index is 0.0796. The summed E-state index contributed by atoms with van der Waals surface area (Å²) in [4.78, 5) is 25.0. The summed E-state index contributed by atoms with van der Waals surface area (Å²) >= 11 is 11.0. The Kier molecular flexibility index (Phi) is 5.89. The number of rotatable bonds is 3. The summed E-state index contributed by atoms with van der Waals surface area (Å²) < 4.78 is 0. The number of nitrogens with zero attached hydrogens (tertiary/aromatic N) is 1. The van der Waals surface area contributed by atoms with Crippen LogP contribution >= 0.6 is 23.8 Å². The molecule has 0 unspecified atom stereocenters. The van der Waals surface area contributed by atoms with Gasteiger partial charge in [0.25, 0.3) is 5.91 Å². The van der Waals surface area contributed by atoms with E-state index >= 15 is 0 Å². The van der Waals surface area contributed by atoms with Crippen LogP contribution in [0.15, 0.2) is 48.5 Å². The molecule has 2 N–H and O–H groups in total. The molecule has 0 aliphatic carbocycles. The molecular formula is C17H16ClN3O2S. The summed E-state index contributed by atoms with van der Waals surface area (Å²) in [7, 11) is 1.68. The maximum absolute atomic E-state index is 12.1. The highest BCUT2D eigenvalue weighted by Crippen LogP contribution is 2.18. The molecule has 0 saturated carbocycles. The minimum Gasteiger partial charge on any atom is -0.332 e. The van der Waals surface area contributed by atoms with Crippen molar-refractivity contribution < 1.29 is 9.59 Å². The Balaban J connectivity index is 2.03. The van der Waals surface area contributed by atoms with Crippen LogP contribution in [-0.2, 0) is 4.79 Å². The molecule has 0 aromatic heterocycles. The van der Waals surface area contributed by atoms with Crippen molar-refractivity contribution in [1.82, 2.24) is 5.32 Å². The van der Waals surface area contributed by atoms with Crippen molar-refractivity contribution in [2.24, 2.45) is 0 Å². The Morgan fingerprint density at radius 3 is 2.50 bits per heavy atom. The molecule has 0 atom stereocenters. The van der Waals surface area contributed by atoms with Crippen LogP contribution in [0, 0.1) is 0 Å². The number of carbonyl (C=O) groups excluding carboxylic acids is 2. The second kappa shape index (κ2) is 7.90. The van der Waals surface area contributed by atoms with E-state index in [-0.39, 0.29) is 16.9 Å². The van der Waals surface area contributed by atoms with Crippen LogP contribution in [-0.4, -0.2) is 24.0 Å². The third kappa shape index (κ3) is 4.78. The second-order valence-electron chi connectivity index (χ2n) is 5.05. The summed E-state index contributed by atoms with van der Waals surface area (Å²) in [5, 5.41) is 6.13. The number of benzene rings is 2. The predicted molar refractivity (Wildman–Crippen MR) is 101 cm³/mol. The zero-order chi connectivity index (χ0) is 17.7. The first-order chi connectivity index (χ1) is 11.4. The van der Waals surface area contributed by atoms with Gasteiger partial charge in [-0.05, 0) is 48.6 Å². The van der Waals surface area contributed by atoms with Crippen LogP contribution in [0.25, 0.3) is 0 Å². The third-order valence-corrected chi connectivity index (χ3v) is 3.72. The van der Waals surface area contributed by atoms with Gasteiger partial charge in [-0.3, -0.25) is 14.9 Å². The van der Waals surface area contributed by atoms with Crippen molar-refractivity contribution in [3.05, 3.63) is 59.1 Å².